The van der Waals surface area contributed by atoms with Crippen LogP contribution in [-0.4, -0.2) is 60.3 Å². The number of nitrogens with one attached hydrogen (secondary N) is 2. The monoisotopic (exact) mass is 884 g/mol. The molecule has 10 bridgehead atoms. The first kappa shape index (κ1) is 41.2. The first-order valence-corrected chi connectivity index (χ1v) is 24.8. The number of ether oxygens (including phenoxy) is 2. The van der Waals surface area contributed by atoms with E-state index in [9.17, 15) is 25.2 Å². The van der Waals surface area contributed by atoms with Crippen molar-refractivity contribution in [1.82, 2.24) is 14.9 Å². The Balaban J connectivity index is 1.08. The van der Waals surface area contributed by atoms with Crippen LogP contribution in [0.3, 0.4) is 0 Å². The number of nitrogens with zero attached hydrogens (tertiary/aromatic N) is 1. The molecule has 0 saturated heterocycles. The molecule has 2 spiro atoms. The SMILES string of the molecule is C[C@@H]1C=C[C@@H]([C@@H](O)CC(=O)CCc2c(O)cc3c4c2CSSC[C@@]25C=C[C@H]6c7c(ccc(c72)[C@H](N)NC5)[C@@H](O)C#C[C@H]([C@H](O4)n2cc4[nH]cc6c4c2)C2(C#CO3)CCCC2)[C@H](O)C1. The minimum absolute atomic E-state index is 0.0299. The molecule has 8 aliphatic rings. The lowest BCUT2D eigenvalue weighted by Gasteiger charge is -2.45. The number of Topliss-reactive ketones (excluding diaryl/α,β-unsaturated/α-hetero) is 1. The van der Waals surface area contributed by atoms with Gasteiger partial charge in [0.15, 0.2) is 17.7 Å². The molecule has 4 aromatic rings. The molecule has 1 saturated carbocycles. The van der Waals surface area contributed by atoms with E-state index in [4.69, 9.17) is 15.2 Å². The molecule has 0 radical (unpaired) electrons. The third-order valence-electron chi connectivity index (χ3n) is 14.9. The van der Waals surface area contributed by atoms with Crippen molar-refractivity contribution in [2.24, 2.45) is 28.9 Å². The molecule has 12 rings (SSSR count). The van der Waals surface area contributed by atoms with Crippen molar-refractivity contribution < 1.29 is 34.7 Å². The second-order valence-corrected chi connectivity index (χ2v) is 21.3. The average Bonchev–Trinajstić information content (AvgIpc) is 4.01. The maximum Gasteiger partial charge on any atom is 0.191 e. The number of fused-ring (bicyclic) bond motifs is 4. The molecule has 3 aliphatic carbocycles. The first-order chi connectivity index (χ1) is 30.5. The van der Waals surface area contributed by atoms with E-state index in [0.717, 1.165) is 64.4 Å². The van der Waals surface area contributed by atoms with Gasteiger partial charge in [-0.1, -0.05) is 95.6 Å². The summed E-state index contributed by atoms with van der Waals surface area (Å²) in [4.78, 5) is 17.2. The van der Waals surface area contributed by atoms with Gasteiger partial charge in [-0.15, -0.1) is 0 Å². The normalized spacial score (nSPS) is 31.1. The number of hydrogen-bond acceptors (Lipinski definition) is 11. The van der Waals surface area contributed by atoms with Crippen LogP contribution in [0.4, 0.5) is 0 Å². The Bertz CT molecular complexity index is 2710. The third kappa shape index (κ3) is 6.86. The second-order valence-electron chi connectivity index (χ2n) is 18.8. The van der Waals surface area contributed by atoms with E-state index in [0.29, 0.717) is 41.3 Å². The minimum atomic E-state index is -1.11. The number of H-pyrrole nitrogens is 1. The van der Waals surface area contributed by atoms with Gasteiger partial charge in [0.1, 0.15) is 23.7 Å². The third-order valence-corrected chi connectivity index (χ3v) is 17.3. The van der Waals surface area contributed by atoms with Gasteiger partial charge in [0.25, 0.3) is 0 Å². The van der Waals surface area contributed by atoms with Crippen LogP contribution in [-0.2, 0) is 22.4 Å². The van der Waals surface area contributed by atoms with Gasteiger partial charge in [-0.05, 0) is 59.4 Å². The zero-order valence-corrected chi connectivity index (χ0v) is 36.7. The molecule has 326 valence electrons. The van der Waals surface area contributed by atoms with Gasteiger partial charge in [0.05, 0.1) is 35.2 Å². The molecule has 5 aliphatic heterocycles. The number of phenolic OH excluding ortho intramolecular Hbond substituents is 1. The van der Waals surface area contributed by atoms with Gasteiger partial charge in [-0.2, -0.15) is 0 Å². The second kappa shape index (κ2) is 15.8. The summed E-state index contributed by atoms with van der Waals surface area (Å²) in [5.74, 6) is 11.1. The van der Waals surface area contributed by atoms with Crippen molar-refractivity contribution in [3.63, 3.8) is 0 Å². The lowest BCUT2D eigenvalue weighted by atomic mass is 9.65. The van der Waals surface area contributed by atoms with Crippen molar-refractivity contribution in [3.8, 4) is 41.1 Å². The number of phenols is 1. The highest BCUT2D eigenvalue weighted by atomic mass is 33.1. The molecule has 7 heterocycles. The zero-order chi connectivity index (χ0) is 43.2. The quantitative estimate of drug-likeness (QED) is 0.0601. The van der Waals surface area contributed by atoms with Crippen molar-refractivity contribution in [2.45, 2.75) is 106 Å². The van der Waals surface area contributed by atoms with Gasteiger partial charge in [-0.3, -0.25) is 10.1 Å². The number of carbonyl (C=O) groups excluding carboxylic acids is 1. The van der Waals surface area contributed by atoms with Crippen LogP contribution in [0.15, 0.2) is 61.1 Å². The molecule has 8 N–H and O–H groups in total. The topological polar surface area (TPSA) is 175 Å². The molecule has 0 amide bonds. The Hall–Kier alpha value is -4.57. The highest BCUT2D eigenvalue weighted by Crippen LogP contribution is 2.55. The van der Waals surface area contributed by atoms with Crippen molar-refractivity contribution >= 4 is 38.3 Å². The number of benzene rings is 2. The highest BCUT2D eigenvalue weighted by molar-refractivity contribution is 8.76. The van der Waals surface area contributed by atoms with Crippen LogP contribution < -0.4 is 20.5 Å². The zero-order valence-electron chi connectivity index (χ0n) is 35.1. The molecule has 2 aromatic heterocycles. The number of hydrogen-bond donors (Lipinski definition) is 7. The Kier molecular flexibility index (Phi) is 10.4. The number of aromatic amines is 1. The number of nitrogens with two attached hydrogens (primary N) is 1. The van der Waals surface area contributed by atoms with E-state index in [2.05, 4.69) is 75.5 Å². The molecule has 2 aromatic carbocycles. The van der Waals surface area contributed by atoms with Crippen LogP contribution in [0.5, 0.6) is 17.2 Å². The number of carbonyl (C=O) groups is 1. The molecule has 11 nitrogen and oxygen atoms in total. The molecular formula is C50H52N4O7S2. The average molecular weight is 885 g/mol. The standard InChI is InChI=1S/C50H52N4O7S2/c1-27-4-6-31(40(57)18-27)41(58)19-28(55)5-7-29-36-24-62-63-26-50-15-12-30-34-21-52-38-23-54(22-35(34)38)48-37(10-11-39(56)32-8-9-33(45(50)44(30)32)47(51)53-25-50)49(13-2-3-14-49)16-17-60-43(20-42(29)59)46(36)61-48/h4,6,8-9,12,15,20-23,27,30-31,37,39-41,47-48,52-53,56-59H,2-3,5,7,13-14,18-19,24-26,51H2,1H3/t27-,30-,31-,37-,39+,40-,41+,47-,48+,50+/m1/s1. The lowest BCUT2D eigenvalue weighted by molar-refractivity contribution is -0.122. The van der Waals surface area contributed by atoms with Crippen LogP contribution in [0.25, 0.3) is 10.9 Å². The van der Waals surface area contributed by atoms with E-state index in [-0.39, 0.29) is 54.5 Å². The summed E-state index contributed by atoms with van der Waals surface area (Å²) in [6, 6.07) is 5.62. The molecule has 10 atom stereocenters. The summed E-state index contributed by atoms with van der Waals surface area (Å²) >= 11 is 0. The number of aromatic nitrogens is 2. The minimum Gasteiger partial charge on any atom is -0.508 e. The number of ketones is 1. The maximum absolute atomic E-state index is 13.7. The number of allylic oxidation sites excluding steroid dienone is 2. The summed E-state index contributed by atoms with van der Waals surface area (Å²) < 4.78 is 15.8. The van der Waals surface area contributed by atoms with Crippen LogP contribution in [0.2, 0.25) is 0 Å². The Labute approximate surface area is 374 Å². The smallest absolute Gasteiger partial charge is 0.191 e. The Morgan fingerprint density at radius 3 is 2.78 bits per heavy atom. The van der Waals surface area contributed by atoms with Crippen molar-refractivity contribution in [1.29, 1.82) is 0 Å². The maximum atomic E-state index is 13.7. The van der Waals surface area contributed by atoms with Crippen molar-refractivity contribution in [3.05, 3.63) is 100 Å². The fraction of sp³-hybridized carbons (Fsp3) is 0.460. The fourth-order valence-electron chi connectivity index (χ4n) is 11.6. The van der Waals surface area contributed by atoms with E-state index >= 15 is 0 Å². The number of rotatable bonds is 6. The molecule has 63 heavy (non-hydrogen) atoms. The summed E-state index contributed by atoms with van der Waals surface area (Å²) in [5, 5.41) is 50.7. The van der Waals surface area contributed by atoms with E-state index in [1.807, 2.05) is 25.1 Å². The van der Waals surface area contributed by atoms with Crippen LogP contribution in [0.1, 0.15) is 115 Å². The van der Waals surface area contributed by atoms with E-state index < -0.39 is 47.2 Å². The summed E-state index contributed by atoms with van der Waals surface area (Å²) in [7, 11) is 3.35. The molecule has 1 fully saturated rings. The predicted molar refractivity (Wildman–Crippen MR) is 244 cm³/mol. The molecular weight excluding hydrogens is 833 g/mol. The van der Waals surface area contributed by atoms with Crippen LogP contribution >= 0.6 is 21.6 Å². The number of aromatic hydroxyl groups is 1. The van der Waals surface area contributed by atoms with Gasteiger partial charge >= 0.3 is 0 Å². The van der Waals surface area contributed by atoms with Gasteiger partial charge in [0.2, 0.25) is 0 Å². The number of aliphatic hydroxyl groups is 3. The number of aliphatic hydroxyl groups excluding tert-OH is 3. The molecule has 13 heteroatoms. The van der Waals surface area contributed by atoms with Crippen LogP contribution in [0, 0.1) is 47.0 Å². The molecule has 0 unspecified atom stereocenters. The van der Waals surface area contributed by atoms with Gasteiger partial charge in [0, 0.05) is 89.3 Å². The predicted octanol–water partition coefficient (Wildman–Crippen LogP) is 7.05. The Morgan fingerprint density at radius 2 is 1.94 bits per heavy atom. The summed E-state index contributed by atoms with van der Waals surface area (Å²) in [6.45, 7) is 2.62. The Morgan fingerprint density at radius 1 is 1.10 bits per heavy atom. The van der Waals surface area contributed by atoms with Gasteiger partial charge in [-0.25, -0.2) is 0 Å². The highest BCUT2D eigenvalue weighted by Gasteiger charge is 2.48. The lowest BCUT2D eigenvalue weighted by Crippen LogP contribution is -2.50. The fourth-order valence-corrected chi connectivity index (χ4v) is 14.2. The largest absolute Gasteiger partial charge is 0.508 e. The van der Waals surface area contributed by atoms with Gasteiger partial charge < -0.3 is 45.2 Å². The summed E-state index contributed by atoms with van der Waals surface area (Å²) in [6.07, 6.45) is 17.9. The van der Waals surface area contributed by atoms with Crippen molar-refractivity contribution in [2.75, 3.05) is 12.3 Å². The van der Waals surface area contributed by atoms with E-state index in [1.54, 1.807) is 27.7 Å². The van der Waals surface area contributed by atoms with E-state index in [1.165, 1.54) is 0 Å². The first-order valence-electron chi connectivity index (χ1n) is 22.3. The summed E-state index contributed by atoms with van der Waals surface area (Å²) in [5.41, 5.74) is 13.0.